The van der Waals surface area contributed by atoms with Crippen molar-refractivity contribution in [2.24, 2.45) is 0 Å². The molecule has 2 aromatic rings. The molecule has 0 aliphatic carbocycles. The van der Waals surface area contributed by atoms with Gasteiger partial charge in [0.1, 0.15) is 5.15 Å². The van der Waals surface area contributed by atoms with Crippen LogP contribution in [0.1, 0.15) is 10.4 Å². The van der Waals surface area contributed by atoms with Gasteiger partial charge in [0.05, 0.1) is 15.5 Å². The van der Waals surface area contributed by atoms with Gasteiger partial charge in [0, 0.05) is 11.9 Å². The highest BCUT2D eigenvalue weighted by Crippen LogP contribution is 2.20. The van der Waals surface area contributed by atoms with Crippen LogP contribution in [0.5, 0.6) is 0 Å². The molecule has 1 aromatic carbocycles. The predicted molar refractivity (Wildman–Crippen MR) is 84.9 cm³/mol. The van der Waals surface area contributed by atoms with Gasteiger partial charge in [0.2, 0.25) is 10.0 Å². The number of hydrogen-bond donors (Lipinski definition) is 2. The Bertz CT molecular complexity index is 808. The number of aromatic nitrogens is 1. The molecule has 2 rings (SSSR count). The van der Waals surface area contributed by atoms with E-state index in [-0.39, 0.29) is 20.6 Å². The summed E-state index contributed by atoms with van der Waals surface area (Å²) in [4.78, 5) is 15.9. The Hall–Kier alpha value is -1.67. The van der Waals surface area contributed by atoms with Crippen LogP contribution in [0.15, 0.2) is 41.4 Å². The first kappa shape index (κ1) is 16.7. The van der Waals surface area contributed by atoms with E-state index in [9.17, 15) is 13.2 Å². The van der Waals surface area contributed by atoms with Crippen LogP contribution in [0, 0.1) is 0 Å². The van der Waals surface area contributed by atoms with E-state index in [0.29, 0.717) is 5.69 Å². The monoisotopic (exact) mass is 359 g/mol. The zero-order valence-corrected chi connectivity index (χ0v) is 13.6. The molecule has 2 N–H and O–H groups in total. The maximum Gasteiger partial charge on any atom is 0.257 e. The van der Waals surface area contributed by atoms with Gasteiger partial charge < -0.3 is 5.32 Å². The molecule has 0 fully saturated rings. The minimum atomic E-state index is -3.51. The lowest BCUT2D eigenvalue weighted by molar-refractivity contribution is 0.102. The maximum atomic E-state index is 12.0. The number of carbonyl (C=O) groups excluding carboxylic acids is 1. The number of carbonyl (C=O) groups is 1. The Labute approximate surface area is 137 Å². The summed E-state index contributed by atoms with van der Waals surface area (Å²) in [6, 6.07) is 7.12. The lowest BCUT2D eigenvalue weighted by Crippen LogP contribution is -2.18. The number of sulfonamides is 1. The minimum Gasteiger partial charge on any atom is -0.322 e. The number of nitrogens with zero attached hydrogens (tertiary/aromatic N) is 1. The third-order valence-electron chi connectivity index (χ3n) is 2.75. The van der Waals surface area contributed by atoms with E-state index in [4.69, 9.17) is 23.2 Å². The quantitative estimate of drug-likeness (QED) is 0.821. The van der Waals surface area contributed by atoms with Crippen molar-refractivity contribution >= 4 is 44.8 Å². The first-order valence-electron chi connectivity index (χ1n) is 5.99. The highest BCUT2D eigenvalue weighted by Gasteiger charge is 2.12. The summed E-state index contributed by atoms with van der Waals surface area (Å²) in [6.07, 6.45) is 1.30. The van der Waals surface area contributed by atoms with Crippen molar-refractivity contribution in [1.29, 1.82) is 0 Å². The van der Waals surface area contributed by atoms with Crippen molar-refractivity contribution in [2.75, 3.05) is 12.4 Å². The Morgan fingerprint density at radius 3 is 2.36 bits per heavy atom. The van der Waals surface area contributed by atoms with E-state index in [1.165, 1.54) is 43.6 Å². The number of rotatable bonds is 4. The summed E-state index contributed by atoms with van der Waals surface area (Å²) >= 11 is 11.5. The van der Waals surface area contributed by atoms with E-state index in [2.05, 4.69) is 15.0 Å². The molecule has 116 valence electrons. The number of pyridine rings is 1. The molecular formula is C13H11Cl2N3O3S. The van der Waals surface area contributed by atoms with Crippen LogP contribution in [0.2, 0.25) is 10.2 Å². The molecule has 1 aromatic heterocycles. The molecule has 1 heterocycles. The van der Waals surface area contributed by atoms with Crippen molar-refractivity contribution in [1.82, 2.24) is 9.71 Å². The fourth-order valence-electron chi connectivity index (χ4n) is 1.58. The van der Waals surface area contributed by atoms with E-state index >= 15 is 0 Å². The molecule has 0 aliphatic heterocycles. The summed E-state index contributed by atoms with van der Waals surface area (Å²) < 4.78 is 25.4. The van der Waals surface area contributed by atoms with Crippen LogP contribution in [-0.4, -0.2) is 26.4 Å². The zero-order valence-electron chi connectivity index (χ0n) is 11.3. The Morgan fingerprint density at radius 1 is 1.18 bits per heavy atom. The molecule has 0 radical (unpaired) electrons. The van der Waals surface area contributed by atoms with Gasteiger partial charge in [-0.2, -0.15) is 0 Å². The Kier molecular flexibility index (Phi) is 5.02. The lowest BCUT2D eigenvalue weighted by Gasteiger charge is -2.07. The molecule has 0 unspecified atom stereocenters. The highest BCUT2D eigenvalue weighted by molar-refractivity contribution is 7.89. The van der Waals surface area contributed by atoms with E-state index < -0.39 is 15.9 Å². The lowest BCUT2D eigenvalue weighted by atomic mass is 10.2. The van der Waals surface area contributed by atoms with E-state index in [0.717, 1.165) is 0 Å². The van der Waals surface area contributed by atoms with Gasteiger partial charge in [-0.15, -0.1) is 0 Å². The maximum absolute atomic E-state index is 12.0. The van der Waals surface area contributed by atoms with Gasteiger partial charge >= 0.3 is 0 Å². The first-order chi connectivity index (χ1) is 10.3. The number of amides is 1. The molecule has 0 bridgehead atoms. The zero-order chi connectivity index (χ0) is 16.3. The second-order valence-corrected chi connectivity index (χ2v) is 6.83. The largest absolute Gasteiger partial charge is 0.322 e. The van der Waals surface area contributed by atoms with Crippen LogP contribution in [0.25, 0.3) is 0 Å². The molecule has 0 aliphatic rings. The fraction of sp³-hybridized carbons (Fsp3) is 0.0769. The fourth-order valence-corrected chi connectivity index (χ4v) is 2.58. The molecular weight excluding hydrogens is 349 g/mol. The average molecular weight is 360 g/mol. The predicted octanol–water partition coefficient (Wildman–Crippen LogP) is 2.55. The second kappa shape index (κ2) is 6.62. The van der Waals surface area contributed by atoms with Gasteiger partial charge in [-0.1, -0.05) is 23.2 Å². The van der Waals surface area contributed by atoms with Crippen molar-refractivity contribution in [3.05, 3.63) is 52.3 Å². The number of hydrogen-bond acceptors (Lipinski definition) is 4. The molecule has 0 saturated carbocycles. The van der Waals surface area contributed by atoms with Crippen LogP contribution in [0.3, 0.4) is 0 Å². The summed E-state index contributed by atoms with van der Waals surface area (Å²) in [5, 5.41) is 2.89. The Morgan fingerprint density at radius 2 is 1.82 bits per heavy atom. The number of halogens is 2. The third kappa shape index (κ3) is 3.75. The van der Waals surface area contributed by atoms with Crippen molar-refractivity contribution in [3.63, 3.8) is 0 Å². The van der Waals surface area contributed by atoms with Crippen LogP contribution >= 0.6 is 23.2 Å². The van der Waals surface area contributed by atoms with Crippen LogP contribution < -0.4 is 10.0 Å². The Balaban J connectivity index is 2.17. The second-order valence-electron chi connectivity index (χ2n) is 4.18. The molecule has 1 amide bonds. The summed E-state index contributed by atoms with van der Waals surface area (Å²) in [5.41, 5.74) is 0.674. The molecule has 0 atom stereocenters. The normalized spacial score (nSPS) is 11.2. The molecule has 0 spiro atoms. The first-order valence-corrected chi connectivity index (χ1v) is 8.23. The van der Waals surface area contributed by atoms with Crippen LogP contribution in [0.4, 0.5) is 5.69 Å². The molecule has 9 heteroatoms. The van der Waals surface area contributed by atoms with E-state index in [1.54, 1.807) is 0 Å². The number of benzene rings is 1. The van der Waals surface area contributed by atoms with Crippen molar-refractivity contribution in [3.8, 4) is 0 Å². The van der Waals surface area contributed by atoms with Crippen LogP contribution in [-0.2, 0) is 10.0 Å². The summed E-state index contributed by atoms with van der Waals surface area (Å²) in [6.45, 7) is 0. The third-order valence-corrected chi connectivity index (χ3v) is 4.87. The van der Waals surface area contributed by atoms with Gasteiger partial charge in [0.25, 0.3) is 5.91 Å². The summed E-state index contributed by atoms with van der Waals surface area (Å²) in [5.74, 6) is -0.435. The number of anilines is 1. The van der Waals surface area contributed by atoms with Crippen molar-refractivity contribution < 1.29 is 13.2 Å². The van der Waals surface area contributed by atoms with Gasteiger partial charge in [-0.25, -0.2) is 18.1 Å². The molecule has 0 saturated heterocycles. The SMILES string of the molecule is CNS(=O)(=O)c1ccc(NC(=O)c2cnc(Cl)c(Cl)c2)cc1. The molecule has 22 heavy (non-hydrogen) atoms. The smallest absolute Gasteiger partial charge is 0.257 e. The minimum absolute atomic E-state index is 0.101. The van der Waals surface area contributed by atoms with Gasteiger partial charge in [-0.05, 0) is 37.4 Å². The molecule has 6 nitrogen and oxygen atoms in total. The number of nitrogens with one attached hydrogen (secondary N) is 2. The average Bonchev–Trinajstić information content (AvgIpc) is 2.50. The standard InChI is InChI=1S/C13H11Cl2N3O3S/c1-16-22(20,21)10-4-2-9(3-5-10)18-13(19)8-6-11(14)12(15)17-7-8/h2-7,16H,1H3,(H,18,19). The van der Waals surface area contributed by atoms with Gasteiger partial charge in [-0.3, -0.25) is 4.79 Å². The highest BCUT2D eigenvalue weighted by atomic mass is 35.5. The topological polar surface area (TPSA) is 88.2 Å². The summed E-state index contributed by atoms with van der Waals surface area (Å²) in [7, 11) is -2.19. The van der Waals surface area contributed by atoms with Gasteiger partial charge in [0.15, 0.2) is 0 Å². The van der Waals surface area contributed by atoms with E-state index in [1.807, 2.05) is 0 Å². The van der Waals surface area contributed by atoms with Crippen molar-refractivity contribution in [2.45, 2.75) is 4.90 Å².